The first-order valence-corrected chi connectivity index (χ1v) is 4.08. The predicted octanol–water partition coefficient (Wildman–Crippen LogP) is 2.61. The van der Waals surface area contributed by atoms with Gasteiger partial charge in [0.15, 0.2) is 11.6 Å². The van der Waals surface area contributed by atoms with Gasteiger partial charge in [-0.05, 0) is 19.9 Å². The Morgan fingerprint density at radius 1 is 1.36 bits per heavy atom. The number of rotatable bonds is 2. The van der Waals surface area contributed by atoms with Crippen LogP contribution in [0.3, 0.4) is 0 Å². The molecule has 0 aliphatic carbocycles. The molecule has 1 aromatic rings. The molecule has 0 aliphatic rings. The van der Waals surface area contributed by atoms with Crippen LogP contribution in [0.5, 0.6) is 5.75 Å². The normalized spacial score (nSPS) is 10.6. The molecule has 0 aliphatic heterocycles. The molecule has 0 radical (unpaired) electrons. The summed E-state index contributed by atoms with van der Waals surface area (Å²) in [4.78, 5) is 0. The molecule has 0 fully saturated rings. The van der Waals surface area contributed by atoms with E-state index in [0.717, 1.165) is 0 Å². The Morgan fingerprint density at radius 3 is 2.29 bits per heavy atom. The minimum absolute atomic E-state index is 0. The molecule has 4 heteroatoms. The van der Waals surface area contributed by atoms with Gasteiger partial charge in [-0.2, -0.15) is 0 Å². The zero-order valence-corrected chi connectivity index (χ0v) is 10.2. The fraction of sp³-hybridized carbons (Fsp3) is 0.400. The Kier molecular flexibility index (Phi) is 4.55. The van der Waals surface area contributed by atoms with E-state index in [0.29, 0.717) is 5.56 Å². The van der Waals surface area contributed by atoms with Crippen LogP contribution >= 0.6 is 17.0 Å². The molecule has 80 valence electrons. The van der Waals surface area contributed by atoms with Crippen LogP contribution in [-0.4, -0.2) is 7.11 Å². The minimum Gasteiger partial charge on any atom is -0.493 e. The molecule has 0 bridgehead atoms. The molecule has 0 heterocycles. The molecule has 0 aromatic heterocycles. The Balaban J connectivity index is 0.00000169. The maximum atomic E-state index is 13.2. The number of nitrogens with two attached hydrogens (primary N) is 1. The quantitative estimate of drug-likeness (QED) is 0.891. The Morgan fingerprint density at radius 2 is 1.93 bits per heavy atom. The van der Waals surface area contributed by atoms with E-state index >= 15 is 0 Å². The molecule has 0 amide bonds. The van der Waals surface area contributed by atoms with Crippen molar-refractivity contribution < 1.29 is 9.13 Å². The summed E-state index contributed by atoms with van der Waals surface area (Å²) in [6.07, 6.45) is 0. The number of benzene rings is 1. The van der Waals surface area contributed by atoms with E-state index in [1.165, 1.54) is 13.2 Å². The lowest BCUT2D eigenvalue weighted by Crippen LogP contribution is -2.29. The average Bonchev–Trinajstić information content (AvgIpc) is 2.02. The SMILES string of the molecule is Br.COc1c(F)cccc1C(C)(C)N. The van der Waals surface area contributed by atoms with E-state index in [1.807, 2.05) is 13.8 Å². The highest BCUT2D eigenvalue weighted by Crippen LogP contribution is 2.29. The van der Waals surface area contributed by atoms with E-state index < -0.39 is 5.54 Å². The Hall–Kier alpha value is -0.610. The summed E-state index contributed by atoms with van der Waals surface area (Å²) in [7, 11) is 1.44. The topological polar surface area (TPSA) is 35.2 Å². The summed E-state index contributed by atoms with van der Waals surface area (Å²) in [6, 6.07) is 4.75. The van der Waals surface area contributed by atoms with Crippen molar-refractivity contribution in [3.05, 3.63) is 29.6 Å². The second-order valence-electron chi connectivity index (χ2n) is 3.54. The van der Waals surface area contributed by atoms with Gasteiger partial charge in [0.05, 0.1) is 7.11 Å². The van der Waals surface area contributed by atoms with Crippen LogP contribution in [0.2, 0.25) is 0 Å². The van der Waals surface area contributed by atoms with E-state index in [-0.39, 0.29) is 28.5 Å². The molecule has 14 heavy (non-hydrogen) atoms. The van der Waals surface area contributed by atoms with Gasteiger partial charge < -0.3 is 10.5 Å². The number of hydrogen-bond donors (Lipinski definition) is 1. The highest BCUT2D eigenvalue weighted by Gasteiger charge is 2.21. The lowest BCUT2D eigenvalue weighted by Gasteiger charge is -2.21. The summed E-state index contributed by atoms with van der Waals surface area (Å²) in [5, 5.41) is 0. The number of methoxy groups -OCH3 is 1. The predicted molar refractivity (Wildman–Crippen MR) is 60.5 cm³/mol. The number of para-hydroxylation sites is 1. The average molecular weight is 264 g/mol. The van der Waals surface area contributed by atoms with Crippen LogP contribution in [0.1, 0.15) is 19.4 Å². The van der Waals surface area contributed by atoms with Crippen LogP contribution in [-0.2, 0) is 5.54 Å². The molecular formula is C10H15BrFNO. The largest absolute Gasteiger partial charge is 0.493 e. The number of ether oxygens (including phenoxy) is 1. The zero-order chi connectivity index (χ0) is 10.1. The first-order chi connectivity index (χ1) is 5.96. The number of halogens is 2. The van der Waals surface area contributed by atoms with E-state index in [2.05, 4.69) is 0 Å². The first-order valence-electron chi connectivity index (χ1n) is 4.08. The van der Waals surface area contributed by atoms with Gasteiger partial charge in [-0.25, -0.2) is 4.39 Å². The van der Waals surface area contributed by atoms with Crippen LogP contribution in [0.25, 0.3) is 0 Å². The van der Waals surface area contributed by atoms with Crippen LogP contribution in [0.15, 0.2) is 18.2 Å². The Labute approximate surface area is 94.0 Å². The zero-order valence-electron chi connectivity index (χ0n) is 8.50. The molecule has 0 unspecified atom stereocenters. The third-order valence-corrected chi connectivity index (χ3v) is 1.87. The van der Waals surface area contributed by atoms with Crippen molar-refractivity contribution >= 4 is 17.0 Å². The van der Waals surface area contributed by atoms with Gasteiger partial charge in [0, 0.05) is 11.1 Å². The summed E-state index contributed by atoms with van der Waals surface area (Å²) in [6.45, 7) is 3.62. The highest BCUT2D eigenvalue weighted by atomic mass is 79.9. The third kappa shape index (κ3) is 2.69. The highest BCUT2D eigenvalue weighted by molar-refractivity contribution is 8.93. The molecule has 0 saturated carbocycles. The van der Waals surface area contributed by atoms with E-state index in [9.17, 15) is 4.39 Å². The third-order valence-electron chi connectivity index (χ3n) is 1.87. The first kappa shape index (κ1) is 13.4. The molecule has 0 atom stereocenters. The number of hydrogen-bond acceptors (Lipinski definition) is 2. The molecule has 2 nitrogen and oxygen atoms in total. The maximum Gasteiger partial charge on any atom is 0.165 e. The summed E-state index contributed by atoms with van der Waals surface area (Å²) >= 11 is 0. The molecule has 2 N–H and O–H groups in total. The van der Waals surface area contributed by atoms with Crippen molar-refractivity contribution in [2.24, 2.45) is 5.73 Å². The van der Waals surface area contributed by atoms with Gasteiger partial charge in [0.2, 0.25) is 0 Å². The molecule has 1 aromatic carbocycles. The second-order valence-corrected chi connectivity index (χ2v) is 3.54. The summed E-state index contributed by atoms with van der Waals surface area (Å²) in [5.74, 6) is -0.145. The van der Waals surface area contributed by atoms with E-state index in [1.54, 1.807) is 12.1 Å². The van der Waals surface area contributed by atoms with Crippen molar-refractivity contribution in [3.63, 3.8) is 0 Å². The van der Waals surface area contributed by atoms with Gasteiger partial charge in [-0.1, -0.05) is 12.1 Å². The van der Waals surface area contributed by atoms with Crippen molar-refractivity contribution in [3.8, 4) is 5.75 Å². The van der Waals surface area contributed by atoms with Crippen LogP contribution in [0.4, 0.5) is 4.39 Å². The van der Waals surface area contributed by atoms with Gasteiger partial charge >= 0.3 is 0 Å². The van der Waals surface area contributed by atoms with Crippen LogP contribution in [0, 0.1) is 5.82 Å². The summed E-state index contributed by atoms with van der Waals surface area (Å²) < 4.78 is 18.1. The summed E-state index contributed by atoms with van der Waals surface area (Å²) in [5.41, 5.74) is 5.94. The molecular weight excluding hydrogens is 249 g/mol. The maximum absolute atomic E-state index is 13.2. The standard InChI is InChI=1S/C10H14FNO.BrH/c1-10(2,12)7-5-4-6-8(11)9(7)13-3;/h4-6H,12H2,1-3H3;1H. The van der Waals surface area contributed by atoms with Crippen molar-refractivity contribution in [2.75, 3.05) is 7.11 Å². The molecule has 0 saturated heterocycles. The molecule has 0 spiro atoms. The Bertz CT molecular complexity index is 309. The van der Waals surface area contributed by atoms with E-state index in [4.69, 9.17) is 10.5 Å². The van der Waals surface area contributed by atoms with Gasteiger partial charge in [0.1, 0.15) is 0 Å². The molecule has 1 rings (SSSR count). The van der Waals surface area contributed by atoms with Crippen molar-refractivity contribution in [2.45, 2.75) is 19.4 Å². The van der Waals surface area contributed by atoms with Gasteiger partial charge in [0.25, 0.3) is 0 Å². The smallest absolute Gasteiger partial charge is 0.165 e. The lowest BCUT2D eigenvalue weighted by atomic mass is 9.94. The van der Waals surface area contributed by atoms with Crippen molar-refractivity contribution in [1.29, 1.82) is 0 Å². The van der Waals surface area contributed by atoms with Gasteiger partial charge in [-0.3, -0.25) is 0 Å². The van der Waals surface area contributed by atoms with Gasteiger partial charge in [-0.15, -0.1) is 17.0 Å². The lowest BCUT2D eigenvalue weighted by molar-refractivity contribution is 0.368. The van der Waals surface area contributed by atoms with Crippen molar-refractivity contribution in [1.82, 2.24) is 0 Å². The fourth-order valence-electron chi connectivity index (χ4n) is 1.22. The second kappa shape index (κ2) is 4.75. The minimum atomic E-state index is -0.590. The fourth-order valence-corrected chi connectivity index (χ4v) is 1.22. The monoisotopic (exact) mass is 263 g/mol. The van der Waals surface area contributed by atoms with Crippen LogP contribution < -0.4 is 10.5 Å².